The lowest BCUT2D eigenvalue weighted by Crippen LogP contribution is -2.29. The van der Waals surface area contributed by atoms with E-state index in [1.807, 2.05) is 18.6 Å². The molecule has 0 amide bonds. The average Bonchev–Trinajstić information content (AvgIpc) is 3.68. The minimum atomic E-state index is 0.711. The van der Waals surface area contributed by atoms with Gasteiger partial charge in [0, 0.05) is 52.6 Å². The van der Waals surface area contributed by atoms with Crippen molar-refractivity contribution >= 4 is 33.3 Å². The molecule has 0 saturated carbocycles. The van der Waals surface area contributed by atoms with E-state index in [-0.39, 0.29) is 0 Å². The second-order valence-electron chi connectivity index (χ2n) is 9.57. The highest BCUT2D eigenvalue weighted by Gasteiger charge is 2.16. The summed E-state index contributed by atoms with van der Waals surface area (Å²) in [4.78, 5) is 15.3. The fourth-order valence-corrected chi connectivity index (χ4v) is 5.99. The van der Waals surface area contributed by atoms with Gasteiger partial charge in [0.25, 0.3) is 0 Å². The van der Waals surface area contributed by atoms with Crippen LogP contribution in [0.15, 0.2) is 71.8 Å². The van der Waals surface area contributed by atoms with Crippen LogP contribution in [0.2, 0.25) is 0 Å². The van der Waals surface area contributed by atoms with Gasteiger partial charge >= 0.3 is 0 Å². The highest BCUT2D eigenvalue weighted by Crippen LogP contribution is 2.35. The predicted molar refractivity (Wildman–Crippen MR) is 147 cm³/mol. The molecule has 0 unspecified atom stereocenters. The summed E-state index contributed by atoms with van der Waals surface area (Å²) in [7, 11) is 0. The normalized spacial score (nSPS) is 14.7. The molecule has 7 heteroatoms. The fourth-order valence-electron chi connectivity index (χ4n) is 5.33. The van der Waals surface area contributed by atoms with Gasteiger partial charge < -0.3 is 4.98 Å². The van der Waals surface area contributed by atoms with Crippen molar-refractivity contribution in [1.82, 2.24) is 30.0 Å². The summed E-state index contributed by atoms with van der Waals surface area (Å²) >= 11 is 1.72. The molecule has 0 radical (unpaired) electrons. The monoisotopic (exact) mass is 490 g/mol. The maximum atomic E-state index is 4.67. The van der Waals surface area contributed by atoms with Crippen LogP contribution in [-0.2, 0) is 6.54 Å². The van der Waals surface area contributed by atoms with Crippen molar-refractivity contribution in [3.05, 3.63) is 77.4 Å². The molecule has 0 atom stereocenters. The van der Waals surface area contributed by atoms with Crippen LogP contribution in [0.25, 0.3) is 55.6 Å². The zero-order valence-corrected chi connectivity index (χ0v) is 20.7. The second kappa shape index (κ2) is 9.00. The van der Waals surface area contributed by atoms with Crippen LogP contribution in [0.5, 0.6) is 0 Å². The molecule has 6 nitrogen and oxygen atoms in total. The van der Waals surface area contributed by atoms with Gasteiger partial charge in [0.15, 0.2) is 5.65 Å². The number of hydrogen-bond donors (Lipinski definition) is 2. The molecule has 0 bridgehead atoms. The molecule has 36 heavy (non-hydrogen) atoms. The topological polar surface area (TPSA) is 73.5 Å². The summed E-state index contributed by atoms with van der Waals surface area (Å²) in [5.41, 5.74) is 9.63. The molecule has 1 aliphatic rings. The van der Waals surface area contributed by atoms with Crippen molar-refractivity contribution < 1.29 is 0 Å². The van der Waals surface area contributed by atoms with Crippen LogP contribution in [0.3, 0.4) is 0 Å². The van der Waals surface area contributed by atoms with Gasteiger partial charge in [-0.25, -0.2) is 4.98 Å². The first-order valence-electron chi connectivity index (χ1n) is 12.5. The van der Waals surface area contributed by atoms with Gasteiger partial charge in [0.1, 0.15) is 0 Å². The first-order valence-corrected chi connectivity index (χ1v) is 13.4. The molecule has 5 aromatic heterocycles. The Labute approximate surface area is 213 Å². The van der Waals surface area contributed by atoms with E-state index in [0.29, 0.717) is 5.65 Å². The quantitative estimate of drug-likeness (QED) is 0.276. The smallest absolute Gasteiger partial charge is 0.181 e. The van der Waals surface area contributed by atoms with E-state index in [2.05, 4.69) is 83.3 Å². The molecule has 6 heterocycles. The Bertz CT molecular complexity index is 1660. The number of nitrogens with one attached hydrogen (secondary N) is 2. The minimum Gasteiger partial charge on any atom is -0.353 e. The molecular formula is C29H26N6S. The first kappa shape index (κ1) is 21.5. The maximum absolute atomic E-state index is 4.67. The van der Waals surface area contributed by atoms with Crippen molar-refractivity contribution in [1.29, 1.82) is 0 Å². The molecule has 1 saturated heterocycles. The van der Waals surface area contributed by atoms with Gasteiger partial charge in [0.05, 0.1) is 11.4 Å². The molecular weight excluding hydrogens is 464 g/mol. The van der Waals surface area contributed by atoms with Crippen LogP contribution in [0.1, 0.15) is 24.8 Å². The van der Waals surface area contributed by atoms with Gasteiger partial charge in [-0.05, 0) is 83.7 Å². The zero-order chi connectivity index (χ0) is 23.9. The number of pyridine rings is 2. The minimum absolute atomic E-state index is 0.711. The number of aromatic nitrogens is 5. The Morgan fingerprint density at radius 2 is 1.81 bits per heavy atom. The summed E-state index contributed by atoms with van der Waals surface area (Å²) in [5.74, 6) is 0. The van der Waals surface area contributed by atoms with Gasteiger partial charge in [-0.15, -0.1) is 0 Å². The van der Waals surface area contributed by atoms with Crippen LogP contribution >= 0.6 is 11.3 Å². The molecule has 6 aromatic rings. The Morgan fingerprint density at radius 1 is 0.889 bits per heavy atom. The molecule has 1 aromatic carbocycles. The average molecular weight is 491 g/mol. The lowest BCUT2D eigenvalue weighted by atomic mass is 10.0. The summed E-state index contributed by atoms with van der Waals surface area (Å²) in [6.07, 6.45) is 9.74. The molecule has 1 aliphatic heterocycles. The van der Waals surface area contributed by atoms with E-state index < -0.39 is 0 Å². The highest BCUT2D eigenvalue weighted by atomic mass is 32.1. The Balaban J connectivity index is 1.26. The highest BCUT2D eigenvalue weighted by molar-refractivity contribution is 7.08. The van der Waals surface area contributed by atoms with E-state index in [0.717, 1.165) is 40.0 Å². The number of likely N-dealkylation sites (tertiary alicyclic amines) is 1. The van der Waals surface area contributed by atoms with E-state index in [1.165, 1.54) is 54.4 Å². The van der Waals surface area contributed by atoms with E-state index >= 15 is 0 Å². The van der Waals surface area contributed by atoms with E-state index in [4.69, 9.17) is 0 Å². The van der Waals surface area contributed by atoms with Crippen molar-refractivity contribution in [2.24, 2.45) is 0 Å². The van der Waals surface area contributed by atoms with Crippen molar-refractivity contribution in [3.8, 4) is 33.6 Å². The van der Waals surface area contributed by atoms with Gasteiger partial charge in [-0.3, -0.25) is 15.0 Å². The molecule has 178 valence electrons. The number of benzene rings is 1. The molecule has 0 spiro atoms. The van der Waals surface area contributed by atoms with Crippen LogP contribution in [0, 0.1) is 0 Å². The van der Waals surface area contributed by atoms with Gasteiger partial charge in [-0.2, -0.15) is 16.4 Å². The third kappa shape index (κ3) is 3.90. The lowest BCUT2D eigenvalue weighted by molar-refractivity contribution is 0.220. The Hall–Kier alpha value is -3.81. The summed E-state index contributed by atoms with van der Waals surface area (Å²) < 4.78 is 0. The van der Waals surface area contributed by atoms with Crippen molar-refractivity contribution in [3.63, 3.8) is 0 Å². The van der Waals surface area contributed by atoms with Crippen LogP contribution in [0.4, 0.5) is 0 Å². The number of aromatic amines is 2. The number of piperidine rings is 1. The SMILES string of the molecule is c1cc(-c2ccsc2)c2cc(-c3[nH]nc4ncc(-c5cncc(CN6CCCCC6)c5)cc34)[nH]c2c1. The number of H-pyrrole nitrogens is 2. The summed E-state index contributed by atoms with van der Waals surface area (Å²) in [6.45, 7) is 3.30. The van der Waals surface area contributed by atoms with Crippen LogP contribution < -0.4 is 0 Å². The fraction of sp³-hybridized carbons (Fsp3) is 0.207. The van der Waals surface area contributed by atoms with Crippen molar-refractivity contribution in [2.45, 2.75) is 25.8 Å². The zero-order valence-electron chi connectivity index (χ0n) is 19.9. The third-order valence-electron chi connectivity index (χ3n) is 7.16. The predicted octanol–water partition coefficient (Wildman–Crippen LogP) is 6.88. The molecule has 1 fully saturated rings. The standard InChI is InChI=1S/C29H26N6S/c1-2-8-35(9-3-1)17-19-11-21(15-30-14-19)22-12-25-28(33-34-29(25)31-16-22)27-13-24-23(20-7-10-36-18-20)5-4-6-26(24)32-27/h4-7,10-16,18,32H,1-3,8-9,17H2,(H,31,33,34). The second-order valence-corrected chi connectivity index (χ2v) is 10.4. The van der Waals surface area contributed by atoms with Gasteiger partial charge in [-0.1, -0.05) is 18.6 Å². The van der Waals surface area contributed by atoms with Gasteiger partial charge in [0.2, 0.25) is 0 Å². The van der Waals surface area contributed by atoms with Crippen LogP contribution in [-0.4, -0.2) is 43.1 Å². The van der Waals surface area contributed by atoms with Crippen molar-refractivity contribution in [2.75, 3.05) is 13.1 Å². The Morgan fingerprint density at radius 3 is 2.69 bits per heavy atom. The Kier molecular flexibility index (Phi) is 5.37. The lowest BCUT2D eigenvalue weighted by Gasteiger charge is -2.26. The number of nitrogens with zero attached hydrogens (tertiary/aromatic N) is 4. The van der Waals surface area contributed by atoms with E-state index in [1.54, 1.807) is 11.3 Å². The summed E-state index contributed by atoms with van der Waals surface area (Å²) in [6, 6.07) is 15.2. The molecule has 7 rings (SSSR count). The maximum Gasteiger partial charge on any atom is 0.181 e. The first-order chi connectivity index (χ1) is 17.8. The number of thiophene rings is 1. The van der Waals surface area contributed by atoms with E-state index in [9.17, 15) is 0 Å². The summed E-state index contributed by atoms with van der Waals surface area (Å²) in [5, 5.41) is 14.2. The molecule has 2 N–H and O–H groups in total. The number of fused-ring (bicyclic) bond motifs is 2. The molecule has 0 aliphatic carbocycles. The third-order valence-corrected chi connectivity index (χ3v) is 7.84. The largest absolute Gasteiger partial charge is 0.353 e. The number of rotatable bonds is 5. The number of hydrogen-bond acceptors (Lipinski definition) is 5.